The molecule has 0 amide bonds. The molecule has 0 bridgehead atoms. The van der Waals surface area contributed by atoms with Crippen LogP contribution in [0.3, 0.4) is 0 Å². The fourth-order valence-electron chi connectivity index (χ4n) is 1.90. The molecular formula is C17H16N2O2. The Morgan fingerprint density at radius 1 is 1.29 bits per heavy atom. The molecule has 0 N–H and O–H groups in total. The molecule has 0 unspecified atom stereocenters. The fraction of sp³-hybridized carbons (Fsp3) is 0.176. The van der Waals surface area contributed by atoms with Crippen molar-refractivity contribution in [3.8, 4) is 17.6 Å². The summed E-state index contributed by atoms with van der Waals surface area (Å²) in [6, 6.07) is 13.2. The Kier molecular flexibility index (Phi) is 4.94. The maximum Gasteiger partial charge on any atom is 0.161 e. The van der Waals surface area contributed by atoms with Gasteiger partial charge in [0.05, 0.1) is 25.0 Å². The monoisotopic (exact) mass is 280 g/mol. The van der Waals surface area contributed by atoms with E-state index in [9.17, 15) is 5.26 Å². The Morgan fingerprint density at radius 2 is 2.14 bits per heavy atom. The van der Waals surface area contributed by atoms with E-state index in [1.165, 1.54) is 0 Å². The minimum absolute atomic E-state index is 0.503. The van der Waals surface area contributed by atoms with Crippen molar-refractivity contribution < 1.29 is 9.47 Å². The van der Waals surface area contributed by atoms with Crippen LogP contribution in [0.5, 0.6) is 11.5 Å². The number of benzene rings is 1. The molecule has 21 heavy (non-hydrogen) atoms. The standard InChI is InChI=1S/C17H16N2O2/c1-3-21-17-11-13(7-8-16(17)20-2)10-14(12-18)15-6-4-5-9-19-15/h4-11H,3H2,1-2H3/b14-10+. The molecule has 4 nitrogen and oxygen atoms in total. The van der Waals surface area contributed by atoms with Crippen molar-refractivity contribution >= 4 is 11.6 Å². The fourth-order valence-corrected chi connectivity index (χ4v) is 1.90. The molecule has 0 aliphatic heterocycles. The predicted molar refractivity (Wildman–Crippen MR) is 81.9 cm³/mol. The summed E-state index contributed by atoms with van der Waals surface area (Å²) in [5.41, 5.74) is 2.01. The van der Waals surface area contributed by atoms with Crippen molar-refractivity contribution in [3.05, 3.63) is 53.9 Å². The van der Waals surface area contributed by atoms with Crippen molar-refractivity contribution in [1.82, 2.24) is 4.98 Å². The summed E-state index contributed by atoms with van der Waals surface area (Å²) in [6.45, 7) is 2.46. The second-order valence-electron chi connectivity index (χ2n) is 4.23. The van der Waals surface area contributed by atoms with Gasteiger partial charge in [-0.05, 0) is 42.8 Å². The first-order chi connectivity index (χ1) is 10.3. The Bertz CT molecular complexity index is 673. The van der Waals surface area contributed by atoms with Crippen LogP contribution in [-0.4, -0.2) is 18.7 Å². The van der Waals surface area contributed by atoms with Crippen LogP contribution in [-0.2, 0) is 0 Å². The van der Waals surface area contributed by atoms with Crippen LogP contribution in [0.2, 0.25) is 0 Å². The summed E-state index contributed by atoms with van der Waals surface area (Å²) in [4.78, 5) is 4.19. The van der Waals surface area contributed by atoms with E-state index >= 15 is 0 Å². The van der Waals surface area contributed by atoms with Gasteiger partial charge in [-0.1, -0.05) is 12.1 Å². The molecule has 1 aromatic heterocycles. The summed E-state index contributed by atoms with van der Waals surface area (Å²) in [5, 5.41) is 9.30. The predicted octanol–water partition coefficient (Wildman–Crippen LogP) is 3.55. The number of nitriles is 1. The van der Waals surface area contributed by atoms with Gasteiger partial charge in [-0.2, -0.15) is 5.26 Å². The van der Waals surface area contributed by atoms with E-state index in [0.29, 0.717) is 29.4 Å². The number of allylic oxidation sites excluding steroid dienone is 1. The smallest absolute Gasteiger partial charge is 0.161 e. The van der Waals surface area contributed by atoms with Crippen molar-refractivity contribution in [2.24, 2.45) is 0 Å². The van der Waals surface area contributed by atoms with E-state index < -0.39 is 0 Å². The second-order valence-corrected chi connectivity index (χ2v) is 4.23. The lowest BCUT2D eigenvalue weighted by molar-refractivity contribution is 0.311. The van der Waals surface area contributed by atoms with E-state index in [1.54, 1.807) is 19.4 Å². The molecular weight excluding hydrogens is 264 g/mol. The highest BCUT2D eigenvalue weighted by Crippen LogP contribution is 2.29. The van der Waals surface area contributed by atoms with E-state index in [-0.39, 0.29) is 0 Å². The van der Waals surface area contributed by atoms with Crippen molar-refractivity contribution in [2.45, 2.75) is 6.92 Å². The second kappa shape index (κ2) is 7.11. The Labute approximate surface area is 124 Å². The number of rotatable bonds is 5. The maximum absolute atomic E-state index is 9.30. The molecule has 0 saturated heterocycles. The molecule has 1 aromatic carbocycles. The average molecular weight is 280 g/mol. The van der Waals surface area contributed by atoms with E-state index in [0.717, 1.165) is 5.56 Å². The highest BCUT2D eigenvalue weighted by Gasteiger charge is 2.06. The molecule has 1 heterocycles. The Morgan fingerprint density at radius 3 is 2.76 bits per heavy atom. The van der Waals surface area contributed by atoms with Gasteiger partial charge in [-0.3, -0.25) is 4.98 Å². The largest absolute Gasteiger partial charge is 0.493 e. The third-order valence-electron chi connectivity index (χ3n) is 2.86. The third kappa shape index (κ3) is 3.61. The number of aromatic nitrogens is 1. The molecule has 4 heteroatoms. The molecule has 0 aliphatic rings. The zero-order valence-electron chi connectivity index (χ0n) is 12.0. The first kappa shape index (κ1) is 14.6. The van der Waals surface area contributed by atoms with Gasteiger partial charge in [-0.15, -0.1) is 0 Å². The average Bonchev–Trinajstić information content (AvgIpc) is 2.54. The summed E-state index contributed by atoms with van der Waals surface area (Å²) in [6.07, 6.45) is 3.45. The van der Waals surface area contributed by atoms with Crippen LogP contribution in [0, 0.1) is 11.3 Å². The van der Waals surface area contributed by atoms with E-state index in [4.69, 9.17) is 9.47 Å². The topological polar surface area (TPSA) is 55.1 Å². The molecule has 2 aromatic rings. The van der Waals surface area contributed by atoms with Crippen LogP contribution in [0.1, 0.15) is 18.2 Å². The highest BCUT2D eigenvalue weighted by atomic mass is 16.5. The minimum atomic E-state index is 0.503. The Balaban J connectivity index is 2.39. The Hall–Kier alpha value is -2.80. The molecule has 0 atom stereocenters. The number of hydrogen-bond donors (Lipinski definition) is 0. The molecule has 0 saturated carbocycles. The van der Waals surface area contributed by atoms with Gasteiger partial charge in [0.25, 0.3) is 0 Å². The van der Waals surface area contributed by atoms with Crippen LogP contribution in [0.4, 0.5) is 0 Å². The van der Waals surface area contributed by atoms with Gasteiger partial charge in [0.2, 0.25) is 0 Å². The van der Waals surface area contributed by atoms with Crippen LogP contribution < -0.4 is 9.47 Å². The molecule has 0 aliphatic carbocycles. The highest BCUT2D eigenvalue weighted by molar-refractivity contribution is 5.88. The number of ether oxygens (including phenoxy) is 2. The summed E-state index contributed by atoms with van der Waals surface area (Å²) >= 11 is 0. The minimum Gasteiger partial charge on any atom is -0.493 e. The zero-order chi connectivity index (χ0) is 15.1. The lowest BCUT2D eigenvalue weighted by atomic mass is 10.1. The molecule has 0 radical (unpaired) electrons. The normalized spacial score (nSPS) is 10.8. The van der Waals surface area contributed by atoms with Gasteiger partial charge in [0.15, 0.2) is 11.5 Å². The molecule has 0 spiro atoms. The molecule has 2 rings (SSSR count). The summed E-state index contributed by atoms with van der Waals surface area (Å²) < 4.78 is 10.8. The van der Waals surface area contributed by atoms with Crippen molar-refractivity contribution in [3.63, 3.8) is 0 Å². The number of nitrogens with zero attached hydrogens (tertiary/aromatic N) is 2. The van der Waals surface area contributed by atoms with Gasteiger partial charge in [0.1, 0.15) is 6.07 Å². The van der Waals surface area contributed by atoms with Crippen molar-refractivity contribution in [2.75, 3.05) is 13.7 Å². The lowest BCUT2D eigenvalue weighted by Gasteiger charge is -2.09. The lowest BCUT2D eigenvalue weighted by Crippen LogP contribution is -1.95. The quantitative estimate of drug-likeness (QED) is 0.786. The van der Waals surface area contributed by atoms with E-state index in [2.05, 4.69) is 11.1 Å². The van der Waals surface area contributed by atoms with Gasteiger partial charge >= 0.3 is 0 Å². The zero-order valence-corrected chi connectivity index (χ0v) is 12.0. The third-order valence-corrected chi connectivity index (χ3v) is 2.86. The van der Waals surface area contributed by atoms with Crippen molar-refractivity contribution in [1.29, 1.82) is 5.26 Å². The molecule has 0 fully saturated rings. The maximum atomic E-state index is 9.30. The van der Waals surface area contributed by atoms with Crippen LogP contribution in [0.15, 0.2) is 42.6 Å². The first-order valence-electron chi connectivity index (χ1n) is 6.62. The summed E-state index contributed by atoms with van der Waals surface area (Å²) in [5.74, 6) is 1.33. The number of methoxy groups -OCH3 is 1. The summed E-state index contributed by atoms with van der Waals surface area (Å²) in [7, 11) is 1.60. The van der Waals surface area contributed by atoms with E-state index in [1.807, 2.05) is 43.3 Å². The number of hydrogen-bond acceptors (Lipinski definition) is 4. The SMILES string of the molecule is CCOc1cc(/C=C(\C#N)c2ccccn2)ccc1OC. The van der Waals surface area contributed by atoms with Crippen LogP contribution in [0.25, 0.3) is 11.6 Å². The molecule has 106 valence electrons. The van der Waals surface area contributed by atoms with Gasteiger partial charge in [0, 0.05) is 6.20 Å². The number of pyridine rings is 1. The first-order valence-corrected chi connectivity index (χ1v) is 6.62. The van der Waals surface area contributed by atoms with Gasteiger partial charge in [-0.25, -0.2) is 0 Å². The van der Waals surface area contributed by atoms with Gasteiger partial charge < -0.3 is 9.47 Å². The van der Waals surface area contributed by atoms with Crippen LogP contribution >= 0.6 is 0 Å².